The SMILES string of the molecule is CNS(=O)(=O)c1ccccc1NCc1ccon1. The lowest BCUT2D eigenvalue weighted by molar-refractivity contribution is 0.412. The molecule has 0 radical (unpaired) electrons. The lowest BCUT2D eigenvalue weighted by atomic mass is 10.3. The second-order valence-electron chi connectivity index (χ2n) is 3.55. The smallest absolute Gasteiger partial charge is 0.242 e. The summed E-state index contributed by atoms with van der Waals surface area (Å²) in [5.41, 5.74) is 1.22. The number of rotatable bonds is 5. The number of sulfonamides is 1. The topological polar surface area (TPSA) is 84.2 Å². The van der Waals surface area contributed by atoms with E-state index >= 15 is 0 Å². The Hall–Kier alpha value is -1.86. The fourth-order valence-corrected chi connectivity index (χ4v) is 2.38. The number of hydrogen-bond acceptors (Lipinski definition) is 5. The average molecular weight is 267 g/mol. The Kier molecular flexibility index (Phi) is 3.63. The van der Waals surface area contributed by atoms with E-state index in [1.165, 1.54) is 19.4 Å². The van der Waals surface area contributed by atoms with Crippen molar-refractivity contribution in [3.05, 3.63) is 42.3 Å². The Labute approximate surface area is 105 Å². The van der Waals surface area contributed by atoms with Gasteiger partial charge >= 0.3 is 0 Å². The van der Waals surface area contributed by atoms with Crippen LogP contribution in [0, 0.1) is 0 Å². The molecule has 0 saturated heterocycles. The number of nitrogens with zero attached hydrogens (tertiary/aromatic N) is 1. The quantitative estimate of drug-likeness (QED) is 0.850. The number of hydrogen-bond donors (Lipinski definition) is 2. The molecule has 96 valence electrons. The van der Waals surface area contributed by atoms with Crippen molar-refractivity contribution in [2.75, 3.05) is 12.4 Å². The van der Waals surface area contributed by atoms with E-state index in [-0.39, 0.29) is 4.90 Å². The van der Waals surface area contributed by atoms with Crippen molar-refractivity contribution < 1.29 is 12.9 Å². The van der Waals surface area contributed by atoms with Crippen LogP contribution in [0.5, 0.6) is 0 Å². The highest BCUT2D eigenvalue weighted by Crippen LogP contribution is 2.20. The third-order valence-electron chi connectivity index (χ3n) is 2.40. The predicted molar refractivity (Wildman–Crippen MR) is 66.5 cm³/mol. The summed E-state index contributed by atoms with van der Waals surface area (Å²) >= 11 is 0. The normalized spacial score (nSPS) is 11.4. The van der Waals surface area contributed by atoms with Gasteiger partial charge in [0.25, 0.3) is 0 Å². The summed E-state index contributed by atoms with van der Waals surface area (Å²) in [6.07, 6.45) is 1.47. The first-order valence-electron chi connectivity index (χ1n) is 5.29. The van der Waals surface area contributed by atoms with Crippen molar-refractivity contribution in [3.8, 4) is 0 Å². The number of anilines is 1. The average Bonchev–Trinajstić information content (AvgIpc) is 2.90. The molecule has 0 fully saturated rings. The van der Waals surface area contributed by atoms with Crippen LogP contribution in [0.1, 0.15) is 5.69 Å². The molecule has 0 atom stereocenters. The molecule has 1 aromatic carbocycles. The summed E-state index contributed by atoms with van der Waals surface area (Å²) in [6, 6.07) is 8.38. The molecule has 2 N–H and O–H groups in total. The molecule has 7 heteroatoms. The number of para-hydroxylation sites is 1. The van der Waals surface area contributed by atoms with Crippen molar-refractivity contribution >= 4 is 15.7 Å². The Morgan fingerprint density at radius 2 is 2.06 bits per heavy atom. The molecule has 0 bridgehead atoms. The van der Waals surface area contributed by atoms with Gasteiger partial charge in [0.15, 0.2) is 0 Å². The van der Waals surface area contributed by atoms with Crippen molar-refractivity contribution in [1.82, 2.24) is 9.88 Å². The largest absolute Gasteiger partial charge is 0.378 e. The Bertz CT molecular complexity index is 608. The van der Waals surface area contributed by atoms with Crippen molar-refractivity contribution in [3.63, 3.8) is 0 Å². The zero-order valence-electron chi connectivity index (χ0n) is 9.75. The molecule has 0 amide bonds. The first-order chi connectivity index (χ1) is 8.63. The lowest BCUT2D eigenvalue weighted by Gasteiger charge is -2.10. The molecule has 0 unspecified atom stereocenters. The lowest BCUT2D eigenvalue weighted by Crippen LogP contribution is -2.20. The van der Waals surface area contributed by atoms with Crippen LogP contribution in [0.4, 0.5) is 5.69 Å². The van der Waals surface area contributed by atoms with E-state index in [0.717, 1.165) is 0 Å². The van der Waals surface area contributed by atoms with E-state index in [1.807, 2.05) is 0 Å². The van der Waals surface area contributed by atoms with E-state index < -0.39 is 10.0 Å². The van der Waals surface area contributed by atoms with Gasteiger partial charge in [-0.1, -0.05) is 17.3 Å². The fourth-order valence-electron chi connectivity index (χ4n) is 1.47. The number of benzene rings is 1. The van der Waals surface area contributed by atoms with Crippen LogP contribution in [0.15, 0.2) is 46.0 Å². The standard InChI is InChI=1S/C11H13N3O3S/c1-12-18(15,16)11-5-3-2-4-10(11)13-8-9-6-7-17-14-9/h2-7,12-13H,8H2,1H3. The van der Waals surface area contributed by atoms with Crippen LogP contribution < -0.4 is 10.0 Å². The van der Waals surface area contributed by atoms with Crippen LogP contribution in [0.2, 0.25) is 0 Å². The second-order valence-corrected chi connectivity index (χ2v) is 5.40. The number of nitrogens with one attached hydrogen (secondary N) is 2. The monoisotopic (exact) mass is 267 g/mol. The minimum absolute atomic E-state index is 0.205. The van der Waals surface area contributed by atoms with Gasteiger partial charge in [0.05, 0.1) is 12.2 Å². The van der Waals surface area contributed by atoms with Crippen LogP contribution in [0.3, 0.4) is 0 Å². The predicted octanol–water partition coefficient (Wildman–Crippen LogP) is 1.19. The highest BCUT2D eigenvalue weighted by molar-refractivity contribution is 7.89. The molecular formula is C11H13N3O3S. The van der Waals surface area contributed by atoms with E-state index in [1.54, 1.807) is 24.3 Å². The molecule has 0 aliphatic heterocycles. The van der Waals surface area contributed by atoms with Crippen LogP contribution in [-0.2, 0) is 16.6 Å². The first kappa shape index (κ1) is 12.6. The van der Waals surface area contributed by atoms with Crippen LogP contribution in [-0.4, -0.2) is 20.6 Å². The Morgan fingerprint density at radius 1 is 1.28 bits per heavy atom. The summed E-state index contributed by atoms with van der Waals surface area (Å²) in [6.45, 7) is 0.396. The molecule has 0 spiro atoms. The summed E-state index contributed by atoms with van der Waals surface area (Å²) in [5, 5.41) is 6.76. The molecule has 1 aromatic heterocycles. The van der Waals surface area contributed by atoms with Crippen molar-refractivity contribution in [1.29, 1.82) is 0 Å². The van der Waals surface area contributed by atoms with Gasteiger partial charge in [-0.05, 0) is 19.2 Å². The molecule has 0 saturated carbocycles. The van der Waals surface area contributed by atoms with Gasteiger partial charge in [0.2, 0.25) is 10.0 Å². The highest BCUT2D eigenvalue weighted by atomic mass is 32.2. The molecule has 1 heterocycles. The molecular weight excluding hydrogens is 254 g/mol. The second kappa shape index (κ2) is 5.19. The summed E-state index contributed by atoms with van der Waals surface area (Å²) in [5.74, 6) is 0. The zero-order chi connectivity index (χ0) is 13.0. The maximum Gasteiger partial charge on any atom is 0.242 e. The van der Waals surface area contributed by atoms with Crippen molar-refractivity contribution in [2.24, 2.45) is 0 Å². The van der Waals surface area contributed by atoms with Gasteiger partial charge in [0.1, 0.15) is 16.9 Å². The Balaban J connectivity index is 2.23. The molecule has 6 nitrogen and oxygen atoms in total. The van der Waals surface area contributed by atoms with Gasteiger partial charge in [0, 0.05) is 6.07 Å². The van der Waals surface area contributed by atoms with Gasteiger partial charge < -0.3 is 9.84 Å². The van der Waals surface area contributed by atoms with E-state index in [2.05, 4.69) is 15.2 Å². The minimum Gasteiger partial charge on any atom is -0.378 e. The maximum absolute atomic E-state index is 11.8. The summed E-state index contributed by atoms with van der Waals surface area (Å²) < 4.78 is 30.6. The number of aromatic nitrogens is 1. The Morgan fingerprint density at radius 3 is 2.72 bits per heavy atom. The third-order valence-corrected chi connectivity index (χ3v) is 3.87. The van der Waals surface area contributed by atoms with E-state index in [4.69, 9.17) is 4.52 Å². The molecule has 0 aliphatic carbocycles. The minimum atomic E-state index is -3.48. The third kappa shape index (κ3) is 2.69. The van der Waals surface area contributed by atoms with Gasteiger partial charge in [-0.2, -0.15) is 0 Å². The fraction of sp³-hybridized carbons (Fsp3) is 0.182. The summed E-state index contributed by atoms with van der Waals surface area (Å²) in [7, 11) is -2.10. The van der Waals surface area contributed by atoms with E-state index in [9.17, 15) is 8.42 Å². The van der Waals surface area contributed by atoms with Gasteiger partial charge in [-0.3, -0.25) is 0 Å². The molecule has 2 aromatic rings. The molecule has 2 rings (SSSR count). The molecule has 0 aliphatic rings. The molecule has 18 heavy (non-hydrogen) atoms. The van der Waals surface area contributed by atoms with Crippen LogP contribution >= 0.6 is 0 Å². The first-order valence-corrected chi connectivity index (χ1v) is 6.77. The van der Waals surface area contributed by atoms with Crippen molar-refractivity contribution in [2.45, 2.75) is 11.4 Å². The maximum atomic E-state index is 11.8. The summed E-state index contributed by atoms with van der Waals surface area (Å²) in [4.78, 5) is 0.205. The highest BCUT2D eigenvalue weighted by Gasteiger charge is 2.15. The van der Waals surface area contributed by atoms with Crippen LogP contribution in [0.25, 0.3) is 0 Å². The van der Waals surface area contributed by atoms with Gasteiger partial charge in [-0.25, -0.2) is 13.1 Å². The van der Waals surface area contributed by atoms with E-state index in [0.29, 0.717) is 17.9 Å². The van der Waals surface area contributed by atoms with Gasteiger partial charge in [-0.15, -0.1) is 0 Å². The zero-order valence-corrected chi connectivity index (χ0v) is 10.6.